The van der Waals surface area contributed by atoms with Crippen LogP contribution in [0.3, 0.4) is 0 Å². The van der Waals surface area contributed by atoms with Crippen molar-refractivity contribution in [2.75, 3.05) is 5.32 Å². The summed E-state index contributed by atoms with van der Waals surface area (Å²) in [7, 11) is 1.96. The molecule has 0 atom stereocenters. The van der Waals surface area contributed by atoms with Gasteiger partial charge in [0.1, 0.15) is 0 Å². The average molecular weight is 272 g/mol. The zero-order valence-corrected chi connectivity index (χ0v) is 12.1. The highest BCUT2D eigenvalue weighted by molar-refractivity contribution is 7.22. The molecule has 1 aromatic carbocycles. The standard InChI is InChI=1S/C14H16N4S/c1-9-5-4-6-12-13(9)17-14(19-12)15-7-11-8-16-18(3)10(11)2/h4-6,8H,7H2,1-3H3,(H,15,17). The number of aryl methyl sites for hydroxylation is 2. The first-order chi connectivity index (χ1) is 9.15. The summed E-state index contributed by atoms with van der Waals surface area (Å²) in [6.07, 6.45) is 1.90. The maximum absolute atomic E-state index is 4.64. The SMILES string of the molecule is Cc1cccc2sc(NCc3cnn(C)c3C)nc12. The van der Waals surface area contributed by atoms with Crippen LogP contribution >= 0.6 is 11.3 Å². The number of fused-ring (bicyclic) bond motifs is 1. The number of benzene rings is 1. The lowest BCUT2D eigenvalue weighted by Crippen LogP contribution is -2.01. The molecule has 0 radical (unpaired) electrons. The van der Waals surface area contributed by atoms with Gasteiger partial charge in [-0.15, -0.1) is 0 Å². The summed E-state index contributed by atoms with van der Waals surface area (Å²) in [6, 6.07) is 6.28. The van der Waals surface area contributed by atoms with Gasteiger partial charge in [0.15, 0.2) is 5.13 Å². The summed E-state index contributed by atoms with van der Waals surface area (Å²) in [4.78, 5) is 4.64. The van der Waals surface area contributed by atoms with Crippen molar-refractivity contribution in [1.82, 2.24) is 14.8 Å². The molecule has 0 amide bonds. The van der Waals surface area contributed by atoms with E-state index in [1.54, 1.807) is 11.3 Å². The number of nitrogens with zero attached hydrogens (tertiary/aromatic N) is 3. The second-order valence-corrected chi connectivity index (χ2v) is 5.70. The average Bonchev–Trinajstić information content (AvgIpc) is 2.94. The van der Waals surface area contributed by atoms with Gasteiger partial charge in [0.2, 0.25) is 0 Å². The summed E-state index contributed by atoms with van der Waals surface area (Å²) < 4.78 is 3.12. The zero-order valence-electron chi connectivity index (χ0n) is 11.3. The molecule has 0 saturated carbocycles. The number of anilines is 1. The van der Waals surface area contributed by atoms with Crippen LogP contribution in [0.1, 0.15) is 16.8 Å². The maximum atomic E-state index is 4.64. The Balaban J connectivity index is 1.82. The van der Waals surface area contributed by atoms with Gasteiger partial charge < -0.3 is 5.32 Å². The van der Waals surface area contributed by atoms with Gasteiger partial charge in [0, 0.05) is 24.8 Å². The number of hydrogen-bond donors (Lipinski definition) is 1. The highest BCUT2D eigenvalue weighted by Gasteiger charge is 2.07. The normalized spacial score (nSPS) is 11.1. The summed E-state index contributed by atoms with van der Waals surface area (Å²) in [5.41, 5.74) is 4.71. The molecule has 0 aliphatic heterocycles. The van der Waals surface area contributed by atoms with Crippen LogP contribution in [-0.2, 0) is 13.6 Å². The predicted octanol–water partition coefficient (Wildman–Crippen LogP) is 3.26. The Morgan fingerprint density at radius 3 is 2.84 bits per heavy atom. The molecule has 0 spiro atoms. The minimum atomic E-state index is 0.762. The van der Waals surface area contributed by atoms with Crippen molar-refractivity contribution >= 4 is 26.7 Å². The smallest absolute Gasteiger partial charge is 0.184 e. The molecule has 0 unspecified atom stereocenters. The monoisotopic (exact) mass is 272 g/mol. The van der Waals surface area contributed by atoms with E-state index in [0.29, 0.717) is 0 Å². The Hall–Kier alpha value is -1.88. The van der Waals surface area contributed by atoms with E-state index in [1.807, 2.05) is 17.9 Å². The second kappa shape index (κ2) is 4.66. The Labute approximate surface area is 116 Å². The number of nitrogens with one attached hydrogen (secondary N) is 1. The number of hydrogen-bond acceptors (Lipinski definition) is 4. The van der Waals surface area contributed by atoms with E-state index in [2.05, 4.69) is 47.4 Å². The van der Waals surface area contributed by atoms with Gasteiger partial charge in [-0.1, -0.05) is 23.5 Å². The molecule has 0 bridgehead atoms. The first-order valence-electron chi connectivity index (χ1n) is 6.22. The Bertz CT molecular complexity index is 726. The van der Waals surface area contributed by atoms with E-state index in [0.717, 1.165) is 17.2 Å². The van der Waals surface area contributed by atoms with Gasteiger partial charge in [-0.05, 0) is 25.5 Å². The predicted molar refractivity (Wildman–Crippen MR) is 79.6 cm³/mol. The second-order valence-electron chi connectivity index (χ2n) is 4.67. The van der Waals surface area contributed by atoms with Crippen molar-refractivity contribution in [3.05, 3.63) is 41.2 Å². The van der Waals surface area contributed by atoms with Crippen molar-refractivity contribution in [3.63, 3.8) is 0 Å². The number of rotatable bonds is 3. The van der Waals surface area contributed by atoms with Crippen molar-refractivity contribution < 1.29 is 0 Å². The molecule has 3 rings (SSSR count). The van der Waals surface area contributed by atoms with Crippen LogP contribution in [0.2, 0.25) is 0 Å². The summed E-state index contributed by atoms with van der Waals surface area (Å²) in [5, 5.41) is 8.60. The fraction of sp³-hybridized carbons (Fsp3) is 0.286. The maximum Gasteiger partial charge on any atom is 0.184 e. The topological polar surface area (TPSA) is 42.7 Å². The largest absolute Gasteiger partial charge is 0.357 e. The molecule has 4 nitrogen and oxygen atoms in total. The molecule has 3 aromatic rings. The third-order valence-electron chi connectivity index (χ3n) is 3.39. The van der Waals surface area contributed by atoms with Gasteiger partial charge in [0.25, 0.3) is 0 Å². The van der Waals surface area contributed by atoms with Crippen molar-refractivity contribution in [2.24, 2.45) is 7.05 Å². The molecule has 0 aliphatic rings. The van der Waals surface area contributed by atoms with Crippen LogP contribution in [0.15, 0.2) is 24.4 Å². The zero-order chi connectivity index (χ0) is 13.4. The number of para-hydroxylation sites is 1. The quantitative estimate of drug-likeness (QED) is 0.796. The third-order valence-corrected chi connectivity index (χ3v) is 4.37. The first kappa shape index (κ1) is 12.2. The van der Waals surface area contributed by atoms with Gasteiger partial charge in [0.05, 0.1) is 16.4 Å². The minimum absolute atomic E-state index is 0.762. The molecule has 5 heteroatoms. The molecule has 2 aromatic heterocycles. The fourth-order valence-corrected chi connectivity index (χ4v) is 2.99. The van der Waals surface area contributed by atoms with E-state index in [4.69, 9.17) is 0 Å². The highest BCUT2D eigenvalue weighted by atomic mass is 32.1. The van der Waals surface area contributed by atoms with Crippen LogP contribution < -0.4 is 5.32 Å². The van der Waals surface area contributed by atoms with Crippen molar-refractivity contribution in [2.45, 2.75) is 20.4 Å². The molecule has 0 aliphatic carbocycles. The van der Waals surface area contributed by atoms with E-state index >= 15 is 0 Å². The molecule has 98 valence electrons. The van der Waals surface area contributed by atoms with E-state index in [-0.39, 0.29) is 0 Å². The Kier molecular flexibility index (Phi) is 2.98. The molecular formula is C14H16N4S. The van der Waals surface area contributed by atoms with Gasteiger partial charge in [-0.3, -0.25) is 4.68 Å². The molecule has 0 fully saturated rings. The summed E-state index contributed by atoms with van der Waals surface area (Å²) >= 11 is 1.69. The number of thiazole rings is 1. The lowest BCUT2D eigenvalue weighted by atomic mass is 10.2. The lowest BCUT2D eigenvalue weighted by Gasteiger charge is -2.01. The van der Waals surface area contributed by atoms with Crippen LogP contribution in [0, 0.1) is 13.8 Å². The first-order valence-corrected chi connectivity index (χ1v) is 7.04. The van der Waals surface area contributed by atoms with E-state index in [9.17, 15) is 0 Å². The van der Waals surface area contributed by atoms with Crippen LogP contribution in [0.25, 0.3) is 10.2 Å². The molecular weight excluding hydrogens is 256 g/mol. The summed E-state index contributed by atoms with van der Waals surface area (Å²) in [6.45, 7) is 4.93. The third kappa shape index (κ3) is 2.21. The molecule has 2 heterocycles. The Morgan fingerprint density at radius 2 is 2.16 bits per heavy atom. The summed E-state index contributed by atoms with van der Waals surface area (Å²) in [5.74, 6) is 0. The Morgan fingerprint density at radius 1 is 1.32 bits per heavy atom. The lowest BCUT2D eigenvalue weighted by molar-refractivity contribution is 0.738. The highest BCUT2D eigenvalue weighted by Crippen LogP contribution is 2.28. The van der Waals surface area contributed by atoms with Crippen LogP contribution in [0.5, 0.6) is 0 Å². The number of aromatic nitrogens is 3. The van der Waals surface area contributed by atoms with Gasteiger partial charge >= 0.3 is 0 Å². The van der Waals surface area contributed by atoms with Crippen LogP contribution in [-0.4, -0.2) is 14.8 Å². The van der Waals surface area contributed by atoms with Crippen molar-refractivity contribution in [1.29, 1.82) is 0 Å². The van der Waals surface area contributed by atoms with E-state index in [1.165, 1.54) is 21.5 Å². The van der Waals surface area contributed by atoms with Crippen molar-refractivity contribution in [3.8, 4) is 0 Å². The molecule has 19 heavy (non-hydrogen) atoms. The van der Waals surface area contributed by atoms with Gasteiger partial charge in [-0.2, -0.15) is 5.10 Å². The van der Waals surface area contributed by atoms with Gasteiger partial charge in [-0.25, -0.2) is 4.98 Å². The van der Waals surface area contributed by atoms with E-state index < -0.39 is 0 Å². The fourth-order valence-electron chi connectivity index (χ4n) is 2.05. The molecule has 0 saturated heterocycles. The van der Waals surface area contributed by atoms with Crippen LogP contribution in [0.4, 0.5) is 5.13 Å². The minimum Gasteiger partial charge on any atom is -0.357 e. The molecule has 1 N–H and O–H groups in total.